The molecule has 4 aromatic rings. The molecular formula is C20H15N3OS. The van der Waals surface area contributed by atoms with Crippen molar-refractivity contribution in [1.82, 2.24) is 14.8 Å². The third-order valence-electron chi connectivity index (χ3n) is 4.03. The van der Waals surface area contributed by atoms with Crippen molar-refractivity contribution in [3.05, 3.63) is 77.3 Å². The van der Waals surface area contributed by atoms with Crippen LogP contribution in [-0.4, -0.2) is 21.1 Å². The van der Waals surface area contributed by atoms with Crippen molar-refractivity contribution < 1.29 is 4.79 Å². The highest BCUT2D eigenvalue weighted by Gasteiger charge is 2.20. The van der Waals surface area contributed by atoms with Crippen LogP contribution in [0.5, 0.6) is 0 Å². The molecule has 2 aromatic heterocycles. The van der Waals surface area contributed by atoms with Gasteiger partial charge < -0.3 is 0 Å². The summed E-state index contributed by atoms with van der Waals surface area (Å²) in [6.07, 6.45) is 0.761. The Bertz CT molecular complexity index is 1020. The second-order valence-electron chi connectivity index (χ2n) is 5.64. The van der Waals surface area contributed by atoms with Crippen molar-refractivity contribution in [2.24, 2.45) is 0 Å². The molecule has 0 bridgehead atoms. The molecule has 0 unspecified atom stereocenters. The highest BCUT2D eigenvalue weighted by molar-refractivity contribution is 7.12. The molecule has 0 saturated carbocycles. The molecular weight excluding hydrogens is 330 g/mol. The lowest BCUT2D eigenvalue weighted by Crippen LogP contribution is -1.99. The minimum Gasteiger partial charge on any atom is -0.296 e. The van der Waals surface area contributed by atoms with Crippen molar-refractivity contribution in [1.29, 1.82) is 0 Å². The minimum atomic E-state index is 0.424. The highest BCUT2D eigenvalue weighted by atomic mass is 32.1. The summed E-state index contributed by atoms with van der Waals surface area (Å²) in [4.78, 5) is 15.4. The predicted octanol–water partition coefficient (Wildman–Crippen LogP) is 4.78. The first kappa shape index (κ1) is 15.5. The van der Waals surface area contributed by atoms with E-state index in [-0.39, 0.29) is 0 Å². The SMILES string of the molecule is Cc1c(-c2ccccc2)nn(-c2nc(C=O)cs2)c1-c1ccccc1. The van der Waals surface area contributed by atoms with Gasteiger partial charge in [-0.05, 0) is 6.92 Å². The maximum atomic E-state index is 11.0. The van der Waals surface area contributed by atoms with Gasteiger partial charge in [0.1, 0.15) is 5.69 Å². The Balaban J connectivity index is 1.97. The van der Waals surface area contributed by atoms with E-state index in [0.717, 1.165) is 34.4 Å². The number of nitrogens with zero attached hydrogens (tertiary/aromatic N) is 3. The largest absolute Gasteiger partial charge is 0.296 e. The average Bonchev–Trinajstić information content (AvgIpc) is 3.27. The summed E-state index contributed by atoms with van der Waals surface area (Å²) in [5.41, 5.74) is 5.54. The summed E-state index contributed by atoms with van der Waals surface area (Å²) in [5, 5.41) is 7.26. The highest BCUT2D eigenvalue weighted by Crippen LogP contribution is 2.34. The quantitative estimate of drug-likeness (QED) is 0.500. The lowest BCUT2D eigenvalue weighted by atomic mass is 10.0. The molecule has 4 nitrogen and oxygen atoms in total. The van der Waals surface area contributed by atoms with Crippen LogP contribution in [0.1, 0.15) is 16.1 Å². The normalized spacial score (nSPS) is 10.8. The van der Waals surface area contributed by atoms with Crippen molar-refractivity contribution in [3.8, 4) is 27.6 Å². The maximum absolute atomic E-state index is 11.0. The van der Waals surface area contributed by atoms with Gasteiger partial charge in [-0.2, -0.15) is 5.10 Å². The van der Waals surface area contributed by atoms with E-state index in [0.29, 0.717) is 10.8 Å². The molecule has 4 rings (SSSR count). The number of aromatic nitrogens is 3. The predicted molar refractivity (Wildman–Crippen MR) is 100 cm³/mol. The minimum absolute atomic E-state index is 0.424. The molecule has 5 heteroatoms. The number of thiazole rings is 1. The second-order valence-corrected chi connectivity index (χ2v) is 6.48. The fraction of sp³-hybridized carbons (Fsp3) is 0.0500. The topological polar surface area (TPSA) is 47.8 Å². The number of carbonyl (C=O) groups excluding carboxylic acids is 1. The summed E-state index contributed by atoms with van der Waals surface area (Å²) in [6.45, 7) is 2.07. The zero-order valence-electron chi connectivity index (χ0n) is 13.6. The van der Waals surface area contributed by atoms with Crippen LogP contribution in [0.3, 0.4) is 0 Å². The summed E-state index contributed by atoms with van der Waals surface area (Å²) in [7, 11) is 0. The van der Waals surface area contributed by atoms with Gasteiger partial charge in [0.25, 0.3) is 0 Å². The third kappa shape index (κ3) is 2.79. The van der Waals surface area contributed by atoms with Crippen LogP contribution >= 0.6 is 11.3 Å². The smallest absolute Gasteiger partial charge is 0.211 e. The molecule has 0 aliphatic heterocycles. The molecule has 0 aliphatic rings. The van der Waals surface area contributed by atoms with Crippen LogP contribution in [-0.2, 0) is 0 Å². The first-order valence-electron chi connectivity index (χ1n) is 7.89. The number of rotatable bonds is 4. The van der Waals surface area contributed by atoms with Gasteiger partial charge in [0.05, 0.1) is 11.4 Å². The van der Waals surface area contributed by atoms with Crippen LogP contribution in [0.25, 0.3) is 27.6 Å². The van der Waals surface area contributed by atoms with Gasteiger partial charge in [-0.15, -0.1) is 11.3 Å². The van der Waals surface area contributed by atoms with Gasteiger partial charge in [-0.1, -0.05) is 60.7 Å². The monoisotopic (exact) mass is 345 g/mol. The van der Waals surface area contributed by atoms with E-state index < -0.39 is 0 Å². The first-order chi connectivity index (χ1) is 12.3. The van der Waals surface area contributed by atoms with E-state index in [4.69, 9.17) is 5.10 Å². The van der Waals surface area contributed by atoms with E-state index in [1.54, 1.807) is 5.38 Å². The molecule has 0 atom stereocenters. The van der Waals surface area contributed by atoms with Crippen molar-refractivity contribution in [2.75, 3.05) is 0 Å². The number of hydrogen-bond donors (Lipinski definition) is 0. The van der Waals surface area contributed by atoms with Gasteiger partial charge in [0.2, 0.25) is 5.13 Å². The number of benzene rings is 2. The molecule has 0 N–H and O–H groups in total. The summed E-state index contributed by atoms with van der Waals surface area (Å²) < 4.78 is 1.84. The van der Waals surface area contributed by atoms with Crippen LogP contribution in [0, 0.1) is 6.92 Å². The van der Waals surface area contributed by atoms with Crippen molar-refractivity contribution in [3.63, 3.8) is 0 Å². The summed E-state index contributed by atoms with van der Waals surface area (Å²) in [6, 6.07) is 20.2. The Kier molecular flexibility index (Phi) is 3.99. The molecule has 0 aliphatic carbocycles. The van der Waals surface area contributed by atoms with E-state index in [1.807, 2.05) is 53.2 Å². The van der Waals surface area contributed by atoms with Gasteiger partial charge in [-0.3, -0.25) is 4.79 Å². The van der Waals surface area contributed by atoms with Gasteiger partial charge >= 0.3 is 0 Å². The van der Waals surface area contributed by atoms with Crippen molar-refractivity contribution in [2.45, 2.75) is 6.92 Å². The molecule has 122 valence electrons. The van der Waals surface area contributed by atoms with Crippen LogP contribution < -0.4 is 0 Å². The van der Waals surface area contributed by atoms with Gasteiger partial charge in [-0.25, -0.2) is 9.67 Å². The molecule has 25 heavy (non-hydrogen) atoms. The lowest BCUT2D eigenvalue weighted by Gasteiger charge is -2.05. The van der Waals surface area contributed by atoms with Crippen LogP contribution in [0.4, 0.5) is 0 Å². The molecule has 0 spiro atoms. The average molecular weight is 345 g/mol. The second kappa shape index (κ2) is 6.45. The molecule has 2 aromatic carbocycles. The number of carbonyl (C=O) groups is 1. The Morgan fingerprint density at radius 2 is 1.60 bits per heavy atom. The Hall–Kier alpha value is -3.05. The van der Waals surface area contributed by atoms with Gasteiger partial charge in [0.15, 0.2) is 6.29 Å². The number of hydrogen-bond acceptors (Lipinski definition) is 4. The Morgan fingerprint density at radius 3 is 2.20 bits per heavy atom. The van der Waals surface area contributed by atoms with Gasteiger partial charge in [0, 0.05) is 22.1 Å². The van der Waals surface area contributed by atoms with Crippen LogP contribution in [0.2, 0.25) is 0 Å². The Morgan fingerprint density at radius 1 is 0.960 bits per heavy atom. The first-order valence-corrected chi connectivity index (χ1v) is 8.77. The molecule has 2 heterocycles. The summed E-state index contributed by atoms with van der Waals surface area (Å²) in [5.74, 6) is 0. The zero-order chi connectivity index (χ0) is 17.2. The van der Waals surface area contributed by atoms with Crippen LogP contribution in [0.15, 0.2) is 66.0 Å². The fourth-order valence-electron chi connectivity index (χ4n) is 2.87. The summed E-state index contributed by atoms with van der Waals surface area (Å²) >= 11 is 1.41. The number of aldehydes is 1. The van der Waals surface area contributed by atoms with E-state index in [9.17, 15) is 4.79 Å². The zero-order valence-corrected chi connectivity index (χ0v) is 14.4. The fourth-order valence-corrected chi connectivity index (χ4v) is 3.59. The maximum Gasteiger partial charge on any atom is 0.211 e. The van der Waals surface area contributed by atoms with E-state index in [1.165, 1.54) is 11.3 Å². The van der Waals surface area contributed by atoms with E-state index >= 15 is 0 Å². The molecule has 0 radical (unpaired) electrons. The molecule has 0 amide bonds. The van der Waals surface area contributed by atoms with Crippen molar-refractivity contribution >= 4 is 17.6 Å². The van der Waals surface area contributed by atoms with E-state index in [2.05, 4.69) is 24.0 Å². The third-order valence-corrected chi connectivity index (χ3v) is 4.86. The molecule has 0 fully saturated rings. The molecule has 0 saturated heterocycles. The lowest BCUT2D eigenvalue weighted by molar-refractivity contribution is 0.111. The Labute approximate surface area is 149 Å². The standard InChI is InChI=1S/C20H15N3OS/c1-14-18(15-8-4-2-5-9-15)22-23(20-21-17(12-24)13-25-20)19(14)16-10-6-3-7-11-16/h2-13H,1H3.